The Hall–Kier alpha value is -2.57. The molecule has 3 aromatic rings. The second kappa shape index (κ2) is 5.20. The fraction of sp³-hybridized carbons (Fsp3) is 0.308. The molecule has 0 fully saturated rings. The smallest absolute Gasteiger partial charge is 0.165 e. The molecule has 0 atom stereocenters. The highest BCUT2D eigenvalue weighted by Crippen LogP contribution is 2.17. The first-order valence-electron chi connectivity index (χ1n) is 6.46. The van der Waals surface area contributed by atoms with Gasteiger partial charge in [-0.1, -0.05) is 0 Å². The van der Waals surface area contributed by atoms with Gasteiger partial charge in [0.05, 0.1) is 12.9 Å². The average molecular weight is 269 g/mol. The summed E-state index contributed by atoms with van der Waals surface area (Å²) in [6, 6.07) is 1.87. The minimum Gasteiger partial charge on any atom is -0.361 e. The van der Waals surface area contributed by atoms with Crippen molar-refractivity contribution in [3.63, 3.8) is 0 Å². The number of aromatic nitrogens is 6. The molecule has 3 rings (SSSR count). The minimum absolute atomic E-state index is 0.507. The van der Waals surface area contributed by atoms with Gasteiger partial charge in [-0.05, 0) is 19.9 Å². The van der Waals surface area contributed by atoms with E-state index in [1.807, 2.05) is 17.6 Å². The van der Waals surface area contributed by atoms with Crippen LogP contribution in [0.3, 0.4) is 0 Å². The summed E-state index contributed by atoms with van der Waals surface area (Å²) in [5.74, 6) is 1.43. The van der Waals surface area contributed by atoms with E-state index in [0.717, 1.165) is 29.2 Å². The lowest BCUT2D eigenvalue weighted by Gasteiger charge is -2.05. The predicted molar refractivity (Wildman–Crippen MR) is 75.1 cm³/mol. The van der Waals surface area contributed by atoms with E-state index in [4.69, 9.17) is 0 Å². The molecule has 20 heavy (non-hydrogen) atoms. The molecule has 0 saturated carbocycles. The Labute approximate surface area is 116 Å². The van der Waals surface area contributed by atoms with E-state index in [-0.39, 0.29) is 0 Å². The molecule has 3 heterocycles. The van der Waals surface area contributed by atoms with Crippen molar-refractivity contribution in [3.05, 3.63) is 36.4 Å². The van der Waals surface area contributed by atoms with Crippen LogP contribution in [0.4, 0.5) is 5.82 Å². The molecule has 0 amide bonds. The predicted octanol–water partition coefficient (Wildman–Crippen LogP) is 1.56. The van der Waals surface area contributed by atoms with Gasteiger partial charge in [-0.15, -0.1) is 0 Å². The molecule has 0 aliphatic carbocycles. The van der Waals surface area contributed by atoms with Gasteiger partial charge in [-0.3, -0.25) is 0 Å². The number of hydrogen-bond donors (Lipinski definition) is 1. The van der Waals surface area contributed by atoms with Crippen LogP contribution in [0.2, 0.25) is 0 Å². The van der Waals surface area contributed by atoms with Crippen molar-refractivity contribution in [3.8, 4) is 0 Å². The van der Waals surface area contributed by atoms with Crippen molar-refractivity contribution < 1.29 is 0 Å². The normalized spacial score (nSPS) is 10.9. The summed E-state index contributed by atoms with van der Waals surface area (Å²) in [5.41, 5.74) is 2.54. The van der Waals surface area contributed by atoms with Crippen LogP contribution in [0.15, 0.2) is 24.9 Å². The van der Waals surface area contributed by atoms with E-state index in [1.165, 1.54) is 6.33 Å². The Kier molecular flexibility index (Phi) is 3.24. The molecule has 7 nitrogen and oxygen atoms in total. The van der Waals surface area contributed by atoms with E-state index in [0.29, 0.717) is 12.4 Å². The Morgan fingerprint density at radius 1 is 1.20 bits per heavy atom. The molecule has 0 spiro atoms. The fourth-order valence-electron chi connectivity index (χ4n) is 1.99. The van der Waals surface area contributed by atoms with Crippen LogP contribution in [-0.4, -0.2) is 29.5 Å². The van der Waals surface area contributed by atoms with Gasteiger partial charge in [0.15, 0.2) is 11.5 Å². The Balaban J connectivity index is 1.86. The zero-order chi connectivity index (χ0) is 13.9. The SMILES string of the molecule is CCn1cnc2c(NCc3nccc(C)n3)ncnc21. The first-order valence-corrected chi connectivity index (χ1v) is 6.46. The molecule has 0 bridgehead atoms. The highest BCUT2D eigenvalue weighted by molar-refractivity contribution is 5.82. The van der Waals surface area contributed by atoms with Crippen LogP contribution < -0.4 is 5.32 Å². The number of nitrogens with zero attached hydrogens (tertiary/aromatic N) is 6. The van der Waals surface area contributed by atoms with E-state index < -0.39 is 0 Å². The maximum Gasteiger partial charge on any atom is 0.165 e. The van der Waals surface area contributed by atoms with Crippen molar-refractivity contribution in [1.82, 2.24) is 29.5 Å². The van der Waals surface area contributed by atoms with E-state index in [9.17, 15) is 0 Å². The highest BCUT2D eigenvalue weighted by atomic mass is 15.1. The van der Waals surface area contributed by atoms with E-state index in [1.54, 1.807) is 12.5 Å². The lowest BCUT2D eigenvalue weighted by molar-refractivity contribution is 0.777. The summed E-state index contributed by atoms with van der Waals surface area (Å²) in [4.78, 5) is 21.4. The number of rotatable bonds is 4. The number of aryl methyl sites for hydroxylation is 2. The first kappa shape index (κ1) is 12.5. The minimum atomic E-state index is 0.507. The Bertz CT molecular complexity index is 734. The van der Waals surface area contributed by atoms with Crippen LogP contribution in [0, 0.1) is 6.92 Å². The number of fused-ring (bicyclic) bond motifs is 1. The molecule has 0 radical (unpaired) electrons. The summed E-state index contributed by atoms with van der Waals surface area (Å²) < 4.78 is 1.98. The van der Waals surface area contributed by atoms with Crippen LogP contribution in [0.25, 0.3) is 11.2 Å². The molecule has 1 N–H and O–H groups in total. The third-order valence-electron chi connectivity index (χ3n) is 3.00. The molecule has 102 valence electrons. The third-order valence-corrected chi connectivity index (χ3v) is 3.00. The van der Waals surface area contributed by atoms with Crippen LogP contribution >= 0.6 is 0 Å². The van der Waals surface area contributed by atoms with Crippen molar-refractivity contribution in [2.24, 2.45) is 0 Å². The van der Waals surface area contributed by atoms with Gasteiger partial charge < -0.3 is 9.88 Å². The largest absolute Gasteiger partial charge is 0.361 e. The van der Waals surface area contributed by atoms with Gasteiger partial charge in [0, 0.05) is 18.4 Å². The topological polar surface area (TPSA) is 81.4 Å². The summed E-state index contributed by atoms with van der Waals surface area (Å²) in [5, 5.41) is 3.22. The summed E-state index contributed by atoms with van der Waals surface area (Å²) in [6.45, 7) is 5.33. The zero-order valence-corrected chi connectivity index (χ0v) is 11.4. The van der Waals surface area contributed by atoms with Gasteiger partial charge in [-0.25, -0.2) is 24.9 Å². The number of nitrogens with one attached hydrogen (secondary N) is 1. The quantitative estimate of drug-likeness (QED) is 0.774. The summed E-state index contributed by atoms with van der Waals surface area (Å²) >= 11 is 0. The lowest BCUT2D eigenvalue weighted by atomic mass is 10.4. The number of imidazole rings is 1. The van der Waals surface area contributed by atoms with Crippen LogP contribution in [-0.2, 0) is 13.1 Å². The number of hydrogen-bond acceptors (Lipinski definition) is 6. The Morgan fingerprint density at radius 2 is 2.10 bits per heavy atom. The lowest BCUT2D eigenvalue weighted by Crippen LogP contribution is -2.07. The second-order valence-corrected chi connectivity index (χ2v) is 4.39. The van der Waals surface area contributed by atoms with Gasteiger partial charge >= 0.3 is 0 Å². The molecule has 0 aliphatic rings. The van der Waals surface area contributed by atoms with Crippen molar-refractivity contribution in [1.29, 1.82) is 0 Å². The van der Waals surface area contributed by atoms with Gasteiger partial charge in [0.2, 0.25) is 0 Å². The molecule has 3 aromatic heterocycles. The number of anilines is 1. The molecule has 0 unspecified atom stereocenters. The fourth-order valence-corrected chi connectivity index (χ4v) is 1.99. The molecule has 7 heteroatoms. The second-order valence-electron chi connectivity index (χ2n) is 4.39. The molecule has 0 aliphatic heterocycles. The third kappa shape index (κ3) is 2.29. The Morgan fingerprint density at radius 3 is 2.90 bits per heavy atom. The van der Waals surface area contributed by atoms with Gasteiger partial charge in [0.1, 0.15) is 17.7 Å². The highest BCUT2D eigenvalue weighted by Gasteiger charge is 2.09. The van der Waals surface area contributed by atoms with Crippen LogP contribution in [0.5, 0.6) is 0 Å². The first-order chi connectivity index (χ1) is 9.78. The van der Waals surface area contributed by atoms with Crippen molar-refractivity contribution >= 4 is 17.0 Å². The monoisotopic (exact) mass is 269 g/mol. The average Bonchev–Trinajstić information content (AvgIpc) is 2.89. The molecular formula is C13H15N7. The van der Waals surface area contributed by atoms with Gasteiger partial charge in [0.25, 0.3) is 0 Å². The maximum atomic E-state index is 4.35. The van der Waals surface area contributed by atoms with Crippen molar-refractivity contribution in [2.75, 3.05) is 5.32 Å². The summed E-state index contributed by atoms with van der Waals surface area (Å²) in [7, 11) is 0. The standard InChI is InChI=1S/C13H15N7/c1-3-20-8-18-11-12(16-7-17-13(11)20)15-6-10-14-5-4-9(2)19-10/h4-5,7-8H,3,6H2,1-2H3,(H,15,16,17). The van der Waals surface area contributed by atoms with E-state index in [2.05, 4.69) is 37.2 Å². The van der Waals surface area contributed by atoms with Gasteiger partial charge in [-0.2, -0.15) is 0 Å². The molecular weight excluding hydrogens is 254 g/mol. The summed E-state index contributed by atoms with van der Waals surface area (Å²) in [6.07, 6.45) is 5.06. The molecule has 0 saturated heterocycles. The zero-order valence-electron chi connectivity index (χ0n) is 11.4. The maximum absolute atomic E-state index is 4.35. The van der Waals surface area contributed by atoms with Crippen molar-refractivity contribution in [2.45, 2.75) is 26.9 Å². The van der Waals surface area contributed by atoms with Crippen LogP contribution in [0.1, 0.15) is 18.4 Å². The molecule has 0 aromatic carbocycles. The van der Waals surface area contributed by atoms with E-state index >= 15 is 0 Å².